The van der Waals surface area contributed by atoms with Crippen molar-refractivity contribution in [1.82, 2.24) is 15.2 Å². The molecule has 0 unspecified atom stereocenters. The fourth-order valence-corrected chi connectivity index (χ4v) is 1.70. The van der Waals surface area contributed by atoms with Crippen LogP contribution < -0.4 is 4.90 Å². The van der Waals surface area contributed by atoms with E-state index in [9.17, 15) is 0 Å². The van der Waals surface area contributed by atoms with Crippen molar-refractivity contribution in [2.75, 3.05) is 18.0 Å². The minimum Gasteiger partial charge on any atom is -0.355 e. The molecule has 0 atom stereocenters. The second-order valence-electron chi connectivity index (χ2n) is 4.78. The lowest BCUT2D eigenvalue weighted by atomic mass is 10.1. The Hall–Kier alpha value is -0.900. The monoisotopic (exact) mass is 242 g/mol. The van der Waals surface area contributed by atoms with Crippen LogP contribution in [0.5, 0.6) is 0 Å². The van der Waals surface area contributed by atoms with Crippen LogP contribution in [0, 0.1) is 11.8 Å². The first-order valence-electron chi connectivity index (χ1n) is 5.59. The molecule has 0 amide bonds. The zero-order valence-electron chi connectivity index (χ0n) is 10.3. The smallest absolute Gasteiger partial charge is 0.244 e. The molecule has 16 heavy (non-hydrogen) atoms. The number of halogens is 1. The van der Waals surface area contributed by atoms with Gasteiger partial charge in [-0.2, -0.15) is 10.1 Å². The van der Waals surface area contributed by atoms with Crippen molar-refractivity contribution in [2.45, 2.75) is 27.7 Å². The Morgan fingerprint density at radius 3 is 2.19 bits per heavy atom. The van der Waals surface area contributed by atoms with Gasteiger partial charge in [-0.1, -0.05) is 27.7 Å². The van der Waals surface area contributed by atoms with Gasteiger partial charge < -0.3 is 4.90 Å². The Kier molecular flexibility index (Phi) is 4.93. The minimum absolute atomic E-state index is 0.204. The molecule has 0 radical (unpaired) electrons. The van der Waals surface area contributed by atoms with E-state index in [2.05, 4.69) is 47.8 Å². The first-order valence-corrected chi connectivity index (χ1v) is 5.97. The molecular weight excluding hydrogens is 224 g/mol. The average molecular weight is 243 g/mol. The van der Waals surface area contributed by atoms with E-state index >= 15 is 0 Å². The zero-order chi connectivity index (χ0) is 12.1. The number of nitrogens with zero attached hydrogens (tertiary/aromatic N) is 4. The number of aromatic nitrogens is 3. The maximum Gasteiger partial charge on any atom is 0.244 e. The summed E-state index contributed by atoms with van der Waals surface area (Å²) in [6, 6.07) is 0. The molecule has 0 aliphatic rings. The van der Waals surface area contributed by atoms with Gasteiger partial charge in [0.25, 0.3) is 0 Å². The highest BCUT2D eigenvalue weighted by molar-refractivity contribution is 6.28. The van der Waals surface area contributed by atoms with E-state index < -0.39 is 0 Å². The Labute approximate surface area is 102 Å². The summed E-state index contributed by atoms with van der Waals surface area (Å²) in [6.07, 6.45) is 1.66. The van der Waals surface area contributed by atoms with E-state index in [0.29, 0.717) is 11.8 Å². The Morgan fingerprint density at radius 2 is 1.75 bits per heavy atom. The topological polar surface area (TPSA) is 41.9 Å². The van der Waals surface area contributed by atoms with E-state index in [-0.39, 0.29) is 5.28 Å². The summed E-state index contributed by atoms with van der Waals surface area (Å²) in [5.74, 6) is 1.96. The highest BCUT2D eigenvalue weighted by atomic mass is 35.5. The Morgan fingerprint density at radius 1 is 1.19 bits per heavy atom. The highest BCUT2D eigenvalue weighted by Crippen LogP contribution is 2.14. The van der Waals surface area contributed by atoms with Gasteiger partial charge in [-0.15, -0.1) is 5.10 Å². The number of rotatable bonds is 5. The minimum atomic E-state index is 0.204. The van der Waals surface area contributed by atoms with Crippen LogP contribution >= 0.6 is 11.6 Å². The fraction of sp³-hybridized carbons (Fsp3) is 0.727. The number of anilines is 1. The van der Waals surface area contributed by atoms with Gasteiger partial charge in [0.05, 0.1) is 6.20 Å². The van der Waals surface area contributed by atoms with Crippen molar-refractivity contribution in [3.8, 4) is 0 Å². The average Bonchev–Trinajstić information content (AvgIpc) is 2.15. The highest BCUT2D eigenvalue weighted by Gasteiger charge is 2.12. The Bertz CT molecular complexity index is 318. The van der Waals surface area contributed by atoms with Crippen molar-refractivity contribution < 1.29 is 0 Å². The summed E-state index contributed by atoms with van der Waals surface area (Å²) < 4.78 is 0. The van der Waals surface area contributed by atoms with Crippen LogP contribution in [0.1, 0.15) is 27.7 Å². The number of hydrogen-bond donors (Lipinski definition) is 0. The molecule has 0 aliphatic carbocycles. The summed E-state index contributed by atoms with van der Waals surface area (Å²) in [6.45, 7) is 10.6. The van der Waals surface area contributed by atoms with Gasteiger partial charge in [-0.25, -0.2) is 0 Å². The quantitative estimate of drug-likeness (QED) is 0.796. The summed E-state index contributed by atoms with van der Waals surface area (Å²) in [5, 5.41) is 7.70. The first-order chi connectivity index (χ1) is 7.49. The van der Waals surface area contributed by atoms with Gasteiger partial charge in [0.15, 0.2) is 5.82 Å². The van der Waals surface area contributed by atoms with Crippen LogP contribution in [0.3, 0.4) is 0 Å². The fourth-order valence-electron chi connectivity index (χ4n) is 1.57. The maximum absolute atomic E-state index is 5.75. The van der Waals surface area contributed by atoms with Crippen LogP contribution in [0.2, 0.25) is 5.28 Å². The molecule has 0 aromatic carbocycles. The SMILES string of the molecule is CC(C)CN(CC(C)C)c1cnnc(Cl)n1. The lowest BCUT2D eigenvalue weighted by molar-refractivity contribution is 0.547. The molecule has 0 saturated heterocycles. The predicted molar refractivity (Wildman–Crippen MR) is 66.7 cm³/mol. The second kappa shape index (κ2) is 5.99. The van der Waals surface area contributed by atoms with Gasteiger partial charge in [0, 0.05) is 13.1 Å². The number of hydrogen-bond acceptors (Lipinski definition) is 4. The van der Waals surface area contributed by atoms with E-state index in [4.69, 9.17) is 11.6 Å². The van der Waals surface area contributed by atoms with Gasteiger partial charge in [0.2, 0.25) is 5.28 Å². The maximum atomic E-state index is 5.75. The first kappa shape index (κ1) is 13.2. The van der Waals surface area contributed by atoms with Crippen LogP contribution in [0.15, 0.2) is 6.20 Å². The third-order valence-electron chi connectivity index (χ3n) is 2.02. The lowest BCUT2D eigenvalue weighted by Crippen LogP contribution is -2.32. The molecule has 0 N–H and O–H groups in total. The third kappa shape index (κ3) is 4.31. The molecule has 4 nitrogen and oxygen atoms in total. The van der Waals surface area contributed by atoms with Crippen molar-refractivity contribution >= 4 is 17.4 Å². The standard InChI is InChI=1S/C11H19ClN4/c1-8(2)6-16(7-9(3)4)10-5-13-15-11(12)14-10/h5,8-9H,6-7H2,1-4H3. The van der Waals surface area contributed by atoms with Gasteiger partial charge in [0.1, 0.15) is 0 Å². The normalized spacial score (nSPS) is 11.2. The van der Waals surface area contributed by atoms with Gasteiger partial charge >= 0.3 is 0 Å². The predicted octanol–water partition coefficient (Wildman–Crippen LogP) is 2.64. The lowest BCUT2D eigenvalue weighted by Gasteiger charge is -2.26. The van der Waals surface area contributed by atoms with Crippen molar-refractivity contribution in [2.24, 2.45) is 11.8 Å². The molecule has 0 aliphatic heterocycles. The molecular formula is C11H19ClN4. The van der Waals surface area contributed by atoms with Crippen molar-refractivity contribution in [3.05, 3.63) is 11.5 Å². The largest absolute Gasteiger partial charge is 0.355 e. The Balaban J connectivity index is 2.82. The molecule has 0 saturated carbocycles. The van der Waals surface area contributed by atoms with Crippen LogP contribution in [-0.4, -0.2) is 28.3 Å². The van der Waals surface area contributed by atoms with E-state index in [1.807, 2.05) is 0 Å². The molecule has 0 spiro atoms. The van der Waals surface area contributed by atoms with Gasteiger partial charge in [-0.3, -0.25) is 0 Å². The van der Waals surface area contributed by atoms with Crippen LogP contribution in [0.4, 0.5) is 5.82 Å². The van der Waals surface area contributed by atoms with Crippen molar-refractivity contribution in [3.63, 3.8) is 0 Å². The molecule has 1 aromatic rings. The van der Waals surface area contributed by atoms with E-state index in [1.54, 1.807) is 6.20 Å². The molecule has 0 bridgehead atoms. The van der Waals surface area contributed by atoms with Gasteiger partial charge in [-0.05, 0) is 23.4 Å². The van der Waals surface area contributed by atoms with Crippen LogP contribution in [-0.2, 0) is 0 Å². The molecule has 1 rings (SSSR count). The summed E-state index contributed by atoms with van der Waals surface area (Å²) >= 11 is 5.75. The molecule has 1 aromatic heterocycles. The summed E-state index contributed by atoms with van der Waals surface area (Å²) in [5.41, 5.74) is 0. The van der Waals surface area contributed by atoms with Crippen molar-refractivity contribution in [1.29, 1.82) is 0 Å². The summed E-state index contributed by atoms with van der Waals surface area (Å²) in [4.78, 5) is 6.40. The molecule has 5 heteroatoms. The second-order valence-corrected chi connectivity index (χ2v) is 5.11. The zero-order valence-corrected chi connectivity index (χ0v) is 11.1. The molecule has 0 fully saturated rings. The van der Waals surface area contributed by atoms with Crippen LogP contribution in [0.25, 0.3) is 0 Å². The third-order valence-corrected chi connectivity index (χ3v) is 2.18. The molecule has 90 valence electrons. The molecule has 1 heterocycles. The van der Waals surface area contributed by atoms with E-state index in [1.165, 1.54) is 0 Å². The summed E-state index contributed by atoms with van der Waals surface area (Å²) in [7, 11) is 0. The van der Waals surface area contributed by atoms with E-state index in [0.717, 1.165) is 18.9 Å².